The molecule has 0 bridgehead atoms. The number of carbonyl (C=O) groups is 1. The van der Waals surface area contributed by atoms with E-state index in [0.717, 1.165) is 24.5 Å². The summed E-state index contributed by atoms with van der Waals surface area (Å²) in [6.07, 6.45) is -9.03. The summed E-state index contributed by atoms with van der Waals surface area (Å²) in [5, 5.41) is 4.93. The van der Waals surface area contributed by atoms with Gasteiger partial charge in [-0.1, -0.05) is 52.6 Å². The zero-order valence-electron chi connectivity index (χ0n) is 18.9. The molecule has 198 valence electrons. The largest absolute Gasteiger partial charge is 0.435 e. The van der Waals surface area contributed by atoms with Gasteiger partial charge in [0.1, 0.15) is 0 Å². The maximum atomic E-state index is 14.3. The average molecular weight is 566 g/mol. The highest BCUT2D eigenvalue weighted by atomic mass is 35.5. The SMILES string of the molecule is O=C(NC1CC1)N1CC(c2ccc(C3=NOC(c4cc(Cl)c(Cl)c(C(F)(F)F)c4)(C(F)(F)F)C3)cc2)C1. The number of oxime groups is 1. The Labute approximate surface area is 217 Å². The predicted molar refractivity (Wildman–Crippen MR) is 124 cm³/mol. The predicted octanol–water partition coefficient (Wildman–Crippen LogP) is 6.87. The van der Waals surface area contributed by atoms with Crippen molar-refractivity contribution in [3.63, 3.8) is 0 Å². The highest BCUT2D eigenvalue weighted by molar-refractivity contribution is 6.42. The van der Waals surface area contributed by atoms with Crippen LogP contribution in [0.4, 0.5) is 31.1 Å². The van der Waals surface area contributed by atoms with E-state index in [4.69, 9.17) is 28.0 Å². The summed E-state index contributed by atoms with van der Waals surface area (Å²) >= 11 is 11.4. The molecule has 0 radical (unpaired) electrons. The minimum Gasteiger partial charge on any atom is -0.374 e. The first-order chi connectivity index (χ1) is 17.3. The van der Waals surface area contributed by atoms with E-state index in [9.17, 15) is 31.1 Å². The van der Waals surface area contributed by atoms with Crippen LogP contribution in [0.15, 0.2) is 41.6 Å². The van der Waals surface area contributed by atoms with Gasteiger partial charge in [0.05, 0.1) is 21.3 Å². The quantitative estimate of drug-likeness (QED) is 0.411. The van der Waals surface area contributed by atoms with Crippen LogP contribution in [0.5, 0.6) is 0 Å². The summed E-state index contributed by atoms with van der Waals surface area (Å²) < 4.78 is 83.0. The number of amides is 2. The van der Waals surface area contributed by atoms with Crippen LogP contribution in [0, 0.1) is 0 Å². The molecular formula is C24H19Cl2F6N3O2. The van der Waals surface area contributed by atoms with Gasteiger partial charge in [-0.2, -0.15) is 26.3 Å². The second-order valence-corrected chi connectivity index (χ2v) is 10.2. The molecule has 3 aliphatic rings. The van der Waals surface area contributed by atoms with Crippen molar-refractivity contribution in [1.82, 2.24) is 10.2 Å². The van der Waals surface area contributed by atoms with E-state index in [2.05, 4.69) is 10.5 Å². The molecule has 2 amide bonds. The summed E-state index contributed by atoms with van der Waals surface area (Å²) in [4.78, 5) is 18.6. The van der Waals surface area contributed by atoms with Crippen LogP contribution < -0.4 is 5.32 Å². The number of nitrogens with one attached hydrogen (secondary N) is 1. The molecule has 1 unspecified atom stereocenters. The third kappa shape index (κ3) is 4.83. The number of benzene rings is 2. The molecule has 2 aliphatic heterocycles. The van der Waals surface area contributed by atoms with Gasteiger partial charge >= 0.3 is 18.4 Å². The van der Waals surface area contributed by atoms with Gasteiger partial charge in [-0.05, 0) is 36.1 Å². The van der Waals surface area contributed by atoms with Crippen LogP contribution in [-0.4, -0.2) is 42.0 Å². The molecular weight excluding hydrogens is 547 g/mol. The maximum Gasteiger partial charge on any atom is 0.435 e. The van der Waals surface area contributed by atoms with Crippen molar-refractivity contribution < 1.29 is 36.0 Å². The van der Waals surface area contributed by atoms with Crippen molar-refractivity contribution in [2.75, 3.05) is 13.1 Å². The van der Waals surface area contributed by atoms with Gasteiger partial charge < -0.3 is 15.1 Å². The highest BCUT2D eigenvalue weighted by Crippen LogP contribution is 2.51. The van der Waals surface area contributed by atoms with E-state index >= 15 is 0 Å². The number of rotatable bonds is 4. The molecule has 1 saturated carbocycles. The Morgan fingerprint density at radius 3 is 2.27 bits per heavy atom. The van der Waals surface area contributed by atoms with Crippen LogP contribution in [0.1, 0.15) is 47.4 Å². The Morgan fingerprint density at radius 1 is 1.05 bits per heavy atom. The van der Waals surface area contributed by atoms with E-state index < -0.39 is 45.5 Å². The highest BCUT2D eigenvalue weighted by Gasteiger charge is 2.63. The summed E-state index contributed by atoms with van der Waals surface area (Å²) in [5.41, 5.74) is -4.37. The molecule has 1 atom stereocenters. The zero-order chi connectivity index (χ0) is 26.8. The summed E-state index contributed by atoms with van der Waals surface area (Å²) in [7, 11) is 0. The topological polar surface area (TPSA) is 53.9 Å². The molecule has 5 nitrogen and oxygen atoms in total. The number of halogens is 8. The number of carbonyl (C=O) groups excluding carboxylic acids is 1. The van der Waals surface area contributed by atoms with Gasteiger partial charge in [-0.3, -0.25) is 0 Å². The Kier molecular flexibility index (Phi) is 6.30. The first-order valence-electron chi connectivity index (χ1n) is 11.3. The molecule has 2 aromatic rings. The van der Waals surface area contributed by atoms with Gasteiger partial charge in [0.25, 0.3) is 5.60 Å². The Balaban J connectivity index is 1.34. The van der Waals surface area contributed by atoms with E-state index in [0.29, 0.717) is 24.7 Å². The molecule has 2 fully saturated rings. The third-order valence-electron chi connectivity index (χ3n) is 6.77. The summed E-state index contributed by atoms with van der Waals surface area (Å²) in [6, 6.07) is 7.78. The zero-order valence-corrected chi connectivity index (χ0v) is 20.4. The fraction of sp³-hybridized carbons (Fsp3) is 0.417. The number of hydrogen-bond donors (Lipinski definition) is 1. The van der Waals surface area contributed by atoms with Crippen LogP contribution >= 0.6 is 23.2 Å². The summed E-state index contributed by atoms with van der Waals surface area (Å²) in [6.45, 7) is 1.05. The number of likely N-dealkylation sites (tertiary alicyclic amines) is 1. The Hall–Kier alpha value is -2.66. The molecule has 0 aromatic heterocycles. The molecule has 37 heavy (non-hydrogen) atoms. The van der Waals surface area contributed by atoms with E-state index in [1.807, 2.05) is 0 Å². The minimum absolute atomic E-state index is 0.0810. The summed E-state index contributed by atoms with van der Waals surface area (Å²) in [5.74, 6) is 0.0898. The molecule has 1 N–H and O–H groups in total. The Morgan fingerprint density at radius 2 is 1.70 bits per heavy atom. The normalized spacial score (nSPS) is 22.4. The molecule has 0 spiro atoms. The molecule has 1 saturated heterocycles. The monoisotopic (exact) mass is 565 g/mol. The maximum absolute atomic E-state index is 14.3. The van der Waals surface area contributed by atoms with E-state index in [1.165, 1.54) is 0 Å². The number of hydrogen-bond acceptors (Lipinski definition) is 3. The molecule has 2 heterocycles. The lowest BCUT2D eigenvalue weighted by atomic mass is 9.85. The molecule has 5 rings (SSSR count). The molecule has 13 heteroatoms. The first kappa shape index (κ1) is 26.0. The lowest BCUT2D eigenvalue weighted by Crippen LogP contribution is -2.52. The standard InChI is InChI=1S/C24H19Cl2F6N3O2/c25-18-8-15(7-17(20(18)26)23(27,28)29)22(24(30,31)32)9-19(34-37-22)13-3-1-12(2-4-13)14-10-35(11-14)21(36)33-16-5-6-16/h1-4,7-8,14,16H,5-6,9-11H2,(H,33,36). The number of nitrogens with zero attached hydrogens (tertiary/aromatic N) is 2. The second kappa shape index (κ2) is 8.97. The second-order valence-electron chi connectivity index (χ2n) is 9.40. The first-order valence-corrected chi connectivity index (χ1v) is 12.1. The van der Waals surface area contributed by atoms with Crippen molar-refractivity contribution in [2.45, 2.75) is 49.2 Å². The van der Waals surface area contributed by atoms with Gasteiger partial charge in [0, 0.05) is 37.0 Å². The molecule has 1 aliphatic carbocycles. The number of urea groups is 1. The Bertz CT molecular complexity index is 1250. The van der Waals surface area contributed by atoms with Crippen molar-refractivity contribution in [2.24, 2.45) is 5.16 Å². The third-order valence-corrected chi connectivity index (χ3v) is 7.58. The lowest BCUT2D eigenvalue weighted by Gasteiger charge is -2.39. The van der Waals surface area contributed by atoms with Crippen LogP contribution in [0.2, 0.25) is 10.0 Å². The van der Waals surface area contributed by atoms with Gasteiger partial charge in [-0.15, -0.1) is 0 Å². The van der Waals surface area contributed by atoms with Crippen molar-refractivity contribution in [3.8, 4) is 0 Å². The molecule has 2 aromatic carbocycles. The van der Waals surface area contributed by atoms with Crippen molar-refractivity contribution in [1.29, 1.82) is 0 Å². The fourth-order valence-corrected chi connectivity index (χ4v) is 4.82. The van der Waals surface area contributed by atoms with E-state index in [1.54, 1.807) is 29.2 Å². The van der Waals surface area contributed by atoms with Crippen molar-refractivity contribution >= 4 is 34.9 Å². The van der Waals surface area contributed by atoms with E-state index in [-0.39, 0.29) is 23.7 Å². The van der Waals surface area contributed by atoms with Crippen LogP contribution in [0.3, 0.4) is 0 Å². The van der Waals surface area contributed by atoms with Gasteiger partial charge in [0.2, 0.25) is 0 Å². The minimum atomic E-state index is -5.12. The lowest BCUT2D eigenvalue weighted by molar-refractivity contribution is -0.276. The average Bonchev–Trinajstić information content (AvgIpc) is 3.46. The van der Waals surface area contributed by atoms with Crippen molar-refractivity contribution in [3.05, 3.63) is 68.7 Å². The van der Waals surface area contributed by atoms with Gasteiger partial charge in [-0.25, -0.2) is 4.79 Å². The van der Waals surface area contributed by atoms with Crippen LogP contribution in [0.25, 0.3) is 0 Å². The van der Waals surface area contributed by atoms with Crippen LogP contribution in [-0.2, 0) is 16.6 Å². The number of alkyl halides is 6. The smallest absolute Gasteiger partial charge is 0.374 e. The van der Waals surface area contributed by atoms with Gasteiger partial charge in [0.15, 0.2) is 0 Å². The fourth-order valence-electron chi connectivity index (χ4n) is 4.38.